The third kappa shape index (κ3) is 9.83. The molecule has 0 amide bonds. The van der Waals surface area contributed by atoms with Gasteiger partial charge < -0.3 is 9.84 Å². The predicted molar refractivity (Wildman–Crippen MR) is 43.5 cm³/mol. The van der Waals surface area contributed by atoms with Crippen LogP contribution in [0.25, 0.3) is 0 Å². The smallest absolute Gasteiger partial charge is 0.261 e. The molecular formula is C6H14O5S. The van der Waals surface area contributed by atoms with Gasteiger partial charge in [-0.25, -0.2) is 0 Å². The van der Waals surface area contributed by atoms with Gasteiger partial charge in [0.15, 0.2) is 0 Å². The van der Waals surface area contributed by atoms with Gasteiger partial charge in [-0.3, -0.25) is 4.55 Å². The third-order valence-electron chi connectivity index (χ3n) is 1.23. The van der Waals surface area contributed by atoms with E-state index in [1.54, 1.807) is 0 Å². The molecular weight excluding hydrogens is 184 g/mol. The van der Waals surface area contributed by atoms with Gasteiger partial charge in [0.05, 0.1) is 19.0 Å². The van der Waals surface area contributed by atoms with Crippen LogP contribution >= 0.6 is 0 Å². The fraction of sp³-hybridized carbons (Fsp3) is 1.00. The van der Waals surface area contributed by atoms with Crippen molar-refractivity contribution in [2.75, 3.05) is 19.5 Å². The lowest BCUT2D eigenvalue weighted by Gasteiger charge is -2.00. The minimum absolute atomic E-state index is 0.153. The van der Waals surface area contributed by atoms with Gasteiger partial charge in [0.25, 0.3) is 10.1 Å². The first kappa shape index (κ1) is 11.8. The third-order valence-corrected chi connectivity index (χ3v) is 1.23. The van der Waals surface area contributed by atoms with Gasteiger partial charge in [0.2, 0.25) is 0 Å². The molecule has 0 aliphatic carbocycles. The van der Waals surface area contributed by atoms with Gasteiger partial charge in [-0.05, 0) is 12.8 Å². The Balaban J connectivity index is 0.000000217. The maximum atomic E-state index is 9.19. The van der Waals surface area contributed by atoms with Crippen molar-refractivity contribution in [3.8, 4) is 0 Å². The van der Waals surface area contributed by atoms with Crippen molar-refractivity contribution >= 4 is 10.1 Å². The molecule has 1 aliphatic heterocycles. The molecule has 1 aliphatic rings. The van der Waals surface area contributed by atoms with Gasteiger partial charge in [-0.1, -0.05) is 0 Å². The SMILES string of the molecule is CS(=O)(=O)O.OCC1CCCO1. The van der Waals surface area contributed by atoms with Crippen molar-refractivity contribution in [1.82, 2.24) is 0 Å². The van der Waals surface area contributed by atoms with Crippen LogP contribution in [0, 0.1) is 0 Å². The first-order chi connectivity index (χ1) is 5.43. The first-order valence-electron chi connectivity index (χ1n) is 3.58. The van der Waals surface area contributed by atoms with Gasteiger partial charge in [0, 0.05) is 6.61 Å². The lowest BCUT2D eigenvalue weighted by atomic mass is 10.2. The van der Waals surface area contributed by atoms with Crippen LogP contribution in [0.5, 0.6) is 0 Å². The molecule has 0 spiro atoms. The Hall–Kier alpha value is -0.170. The van der Waals surface area contributed by atoms with E-state index in [0.29, 0.717) is 6.26 Å². The zero-order chi connectivity index (χ0) is 9.61. The molecule has 12 heavy (non-hydrogen) atoms. The van der Waals surface area contributed by atoms with Crippen LogP contribution < -0.4 is 0 Å². The Kier molecular flexibility index (Phi) is 5.39. The second-order valence-corrected chi connectivity index (χ2v) is 4.02. The fourth-order valence-corrected chi connectivity index (χ4v) is 0.788. The average molecular weight is 198 g/mol. The molecule has 1 atom stereocenters. The Morgan fingerprint density at radius 1 is 1.58 bits per heavy atom. The van der Waals surface area contributed by atoms with E-state index in [1.807, 2.05) is 0 Å². The average Bonchev–Trinajstić information content (AvgIpc) is 2.33. The summed E-state index contributed by atoms with van der Waals surface area (Å²) in [7, 11) is -3.67. The standard InChI is InChI=1S/C5H10O2.CH4O3S/c6-4-5-2-1-3-7-5;1-5(2,3)4/h5-6H,1-4H2;1H3,(H,2,3,4). The predicted octanol–water partition coefficient (Wildman–Crippen LogP) is -0.338. The van der Waals surface area contributed by atoms with Crippen LogP contribution in [0.3, 0.4) is 0 Å². The van der Waals surface area contributed by atoms with E-state index in [0.717, 1.165) is 19.4 Å². The lowest BCUT2D eigenvalue weighted by molar-refractivity contribution is 0.0591. The Labute approximate surface area is 72.1 Å². The Morgan fingerprint density at radius 3 is 2.25 bits per heavy atom. The molecule has 0 aromatic carbocycles. The summed E-state index contributed by atoms with van der Waals surface area (Å²) in [4.78, 5) is 0. The molecule has 1 saturated heterocycles. The Morgan fingerprint density at radius 2 is 2.08 bits per heavy atom. The van der Waals surface area contributed by atoms with Crippen molar-refractivity contribution in [3.05, 3.63) is 0 Å². The number of aliphatic hydroxyl groups excluding tert-OH is 1. The molecule has 74 valence electrons. The summed E-state index contributed by atoms with van der Waals surface area (Å²) >= 11 is 0. The van der Waals surface area contributed by atoms with Crippen molar-refractivity contribution in [1.29, 1.82) is 0 Å². The topological polar surface area (TPSA) is 83.8 Å². The number of rotatable bonds is 1. The molecule has 2 N–H and O–H groups in total. The molecule has 1 unspecified atom stereocenters. The van der Waals surface area contributed by atoms with Gasteiger partial charge in [-0.2, -0.15) is 8.42 Å². The minimum Gasteiger partial charge on any atom is -0.394 e. The summed E-state index contributed by atoms with van der Waals surface area (Å²) in [6, 6.07) is 0. The summed E-state index contributed by atoms with van der Waals surface area (Å²) in [5.41, 5.74) is 0. The zero-order valence-electron chi connectivity index (χ0n) is 6.93. The lowest BCUT2D eigenvalue weighted by Crippen LogP contribution is -2.09. The second kappa shape index (κ2) is 5.47. The van der Waals surface area contributed by atoms with Crippen LogP contribution in [-0.4, -0.2) is 43.7 Å². The summed E-state index contributed by atoms with van der Waals surface area (Å²) in [5, 5.41) is 8.44. The summed E-state index contributed by atoms with van der Waals surface area (Å²) < 4.78 is 30.9. The summed E-state index contributed by atoms with van der Waals surface area (Å²) in [6.07, 6.45) is 3.02. The number of aliphatic hydroxyl groups is 1. The normalized spacial score (nSPS) is 23.1. The fourth-order valence-electron chi connectivity index (χ4n) is 0.788. The molecule has 1 heterocycles. The highest BCUT2D eigenvalue weighted by Crippen LogP contribution is 2.09. The molecule has 5 nitrogen and oxygen atoms in total. The minimum atomic E-state index is -3.67. The van der Waals surface area contributed by atoms with Crippen molar-refractivity contribution in [2.24, 2.45) is 0 Å². The number of hydrogen-bond donors (Lipinski definition) is 2. The molecule has 1 fully saturated rings. The van der Waals surface area contributed by atoms with Gasteiger partial charge in [-0.15, -0.1) is 0 Å². The number of ether oxygens (including phenoxy) is 1. The van der Waals surface area contributed by atoms with E-state index >= 15 is 0 Å². The Bertz CT molecular complexity index is 184. The van der Waals surface area contributed by atoms with Gasteiger partial charge in [0.1, 0.15) is 0 Å². The molecule has 1 rings (SSSR count). The van der Waals surface area contributed by atoms with Crippen LogP contribution in [0.4, 0.5) is 0 Å². The highest BCUT2D eigenvalue weighted by molar-refractivity contribution is 7.85. The van der Waals surface area contributed by atoms with Crippen LogP contribution in [0.1, 0.15) is 12.8 Å². The van der Waals surface area contributed by atoms with E-state index in [-0.39, 0.29) is 12.7 Å². The summed E-state index contributed by atoms with van der Waals surface area (Å²) in [5.74, 6) is 0. The maximum Gasteiger partial charge on any atom is 0.261 e. The molecule has 0 bridgehead atoms. The van der Waals surface area contributed by atoms with Crippen LogP contribution in [-0.2, 0) is 14.9 Å². The number of hydrogen-bond acceptors (Lipinski definition) is 4. The molecule has 0 radical (unpaired) electrons. The molecule has 0 aromatic heterocycles. The van der Waals surface area contributed by atoms with Crippen molar-refractivity contribution in [3.63, 3.8) is 0 Å². The summed E-state index contributed by atoms with van der Waals surface area (Å²) in [6.45, 7) is 1.03. The second-order valence-electron chi connectivity index (χ2n) is 2.55. The van der Waals surface area contributed by atoms with Gasteiger partial charge >= 0.3 is 0 Å². The molecule has 6 heteroatoms. The monoisotopic (exact) mass is 198 g/mol. The highest BCUT2D eigenvalue weighted by Gasteiger charge is 2.12. The first-order valence-corrected chi connectivity index (χ1v) is 5.43. The molecule has 0 saturated carbocycles. The van der Waals surface area contributed by atoms with E-state index in [9.17, 15) is 8.42 Å². The van der Waals surface area contributed by atoms with E-state index in [2.05, 4.69) is 0 Å². The van der Waals surface area contributed by atoms with Crippen molar-refractivity contribution < 1.29 is 22.8 Å². The van der Waals surface area contributed by atoms with E-state index in [4.69, 9.17) is 14.4 Å². The maximum absolute atomic E-state index is 9.19. The zero-order valence-corrected chi connectivity index (χ0v) is 7.75. The highest BCUT2D eigenvalue weighted by atomic mass is 32.2. The van der Waals surface area contributed by atoms with E-state index < -0.39 is 10.1 Å². The van der Waals surface area contributed by atoms with Crippen LogP contribution in [0.15, 0.2) is 0 Å². The van der Waals surface area contributed by atoms with Crippen molar-refractivity contribution in [2.45, 2.75) is 18.9 Å². The molecule has 0 aromatic rings. The van der Waals surface area contributed by atoms with E-state index in [1.165, 1.54) is 0 Å². The largest absolute Gasteiger partial charge is 0.394 e. The quantitative estimate of drug-likeness (QED) is 0.563. The van der Waals surface area contributed by atoms with Crippen LogP contribution in [0.2, 0.25) is 0 Å².